The van der Waals surface area contributed by atoms with Crippen LogP contribution in [0.15, 0.2) is 42.5 Å². The first kappa shape index (κ1) is 8.17. The van der Waals surface area contributed by atoms with E-state index < -0.39 is 0 Å². The molecule has 3 heteroatoms. The molecule has 2 aromatic rings. The van der Waals surface area contributed by atoms with E-state index in [2.05, 4.69) is 5.32 Å². The van der Waals surface area contributed by atoms with Gasteiger partial charge in [-0.05, 0) is 24.3 Å². The summed E-state index contributed by atoms with van der Waals surface area (Å²) in [7, 11) is 0. The molecule has 0 aliphatic carbocycles. The third-order valence-corrected chi connectivity index (χ3v) is 2.34. The second-order valence-corrected chi connectivity index (χ2v) is 3.40. The van der Waals surface area contributed by atoms with Gasteiger partial charge in [0, 0.05) is 6.07 Å². The number of rotatable bonds is 0. The minimum absolute atomic E-state index is 0.226. The highest BCUT2D eigenvalue weighted by atomic mass is 16.5. The van der Waals surface area contributed by atoms with Crippen LogP contribution in [0, 0.1) is 0 Å². The molecule has 0 aromatic heterocycles. The van der Waals surface area contributed by atoms with Crippen molar-refractivity contribution in [3.8, 4) is 17.2 Å². The summed E-state index contributed by atoms with van der Waals surface area (Å²) >= 11 is 0. The SMILES string of the molecule is Oc1ccc2c(c1)Nc1ccccc1O2. The predicted octanol–water partition coefficient (Wildman–Crippen LogP) is 3.24. The first-order valence-electron chi connectivity index (χ1n) is 4.70. The number of ether oxygens (including phenoxy) is 1. The summed E-state index contributed by atoms with van der Waals surface area (Å²) in [5.74, 6) is 1.76. The molecule has 0 amide bonds. The summed E-state index contributed by atoms with van der Waals surface area (Å²) in [5, 5.41) is 12.5. The first-order chi connectivity index (χ1) is 7.33. The number of para-hydroxylation sites is 2. The highest BCUT2D eigenvalue weighted by Crippen LogP contribution is 2.42. The van der Waals surface area contributed by atoms with Crippen molar-refractivity contribution in [1.82, 2.24) is 0 Å². The van der Waals surface area contributed by atoms with Crippen LogP contribution in [0.2, 0.25) is 0 Å². The van der Waals surface area contributed by atoms with Gasteiger partial charge in [0.05, 0.1) is 11.4 Å². The Morgan fingerprint density at radius 3 is 2.67 bits per heavy atom. The van der Waals surface area contributed by atoms with Crippen molar-refractivity contribution in [2.45, 2.75) is 0 Å². The number of hydrogen-bond acceptors (Lipinski definition) is 3. The van der Waals surface area contributed by atoms with Crippen molar-refractivity contribution in [2.75, 3.05) is 5.32 Å². The molecule has 1 heterocycles. The van der Waals surface area contributed by atoms with Gasteiger partial charge >= 0.3 is 0 Å². The molecule has 1 aliphatic heterocycles. The molecule has 0 fully saturated rings. The molecule has 0 radical (unpaired) electrons. The van der Waals surface area contributed by atoms with Crippen LogP contribution < -0.4 is 10.1 Å². The van der Waals surface area contributed by atoms with E-state index >= 15 is 0 Å². The number of nitrogens with one attached hydrogen (secondary N) is 1. The van der Waals surface area contributed by atoms with E-state index in [-0.39, 0.29) is 5.75 Å². The summed E-state index contributed by atoms with van der Waals surface area (Å²) in [6.07, 6.45) is 0. The topological polar surface area (TPSA) is 41.5 Å². The lowest BCUT2D eigenvalue weighted by Crippen LogP contribution is -2.01. The van der Waals surface area contributed by atoms with Gasteiger partial charge in [-0.1, -0.05) is 12.1 Å². The van der Waals surface area contributed by atoms with Gasteiger partial charge in [0.2, 0.25) is 0 Å². The minimum atomic E-state index is 0.226. The van der Waals surface area contributed by atoms with Gasteiger partial charge < -0.3 is 15.2 Å². The standard InChI is InChI=1S/C12H9NO2/c14-8-5-6-12-10(7-8)13-9-3-1-2-4-11(9)15-12/h1-7,13-14H. The molecule has 74 valence electrons. The summed E-state index contributed by atoms with van der Waals surface area (Å²) in [6, 6.07) is 12.7. The molecule has 0 spiro atoms. The number of benzene rings is 2. The molecule has 3 nitrogen and oxygen atoms in total. The van der Waals surface area contributed by atoms with Crippen molar-refractivity contribution < 1.29 is 9.84 Å². The van der Waals surface area contributed by atoms with E-state index in [9.17, 15) is 5.11 Å². The maximum Gasteiger partial charge on any atom is 0.151 e. The average Bonchev–Trinajstić information content (AvgIpc) is 2.26. The highest BCUT2D eigenvalue weighted by molar-refractivity contribution is 5.76. The number of hydrogen-bond donors (Lipinski definition) is 2. The maximum absolute atomic E-state index is 9.34. The number of phenolic OH excluding ortho intramolecular Hbond substituents is 1. The Hall–Kier alpha value is -2.16. The Morgan fingerprint density at radius 2 is 1.73 bits per heavy atom. The lowest BCUT2D eigenvalue weighted by atomic mass is 10.2. The first-order valence-corrected chi connectivity index (χ1v) is 4.70. The molecular formula is C12H9NO2. The fourth-order valence-electron chi connectivity index (χ4n) is 1.63. The minimum Gasteiger partial charge on any atom is -0.508 e. The molecule has 2 N–H and O–H groups in total. The van der Waals surface area contributed by atoms with Crippen molar-refractivity contribution in [3.05, 3.63) is 42.5 Å². The van der Waals surface area contributed by atoms with Gasteiger partial charge in [-0.15, -0.1) is 0 Å². The predicted molar refractivity (Wildman–Crippen MR) is 57.9 cm³/mol. The van der Waals surface area contributed by atoms with Crippen LogP contribution >= 0.6 is 0 Å². The van der Waals surface area contributed by atoms with E-state index in [1.807, 2.05) is 24.3 Å². The fraction of sp³-hybridized carbons (Fsp3) is 0. The Balaban J connectivity index is 2.11. The van der Waals surface area contributed by atoms with Crippen LogP contribution in [0.1, 0.15) is 0 Å². The van der Waals surface area contributed by atoms with E-state index in [4.69, 9.17) is 4.74 Å². The molecule has 1 aliphatic rings. The van der Waals surface area contributed by atoms with E-state index in [0.717, 1.165) is 22.9 Å². The third-order valence-electron chi connectivity index (χ3n) is 2.34. The number of aromatic hydroxyl groups is 1. The van der Waals surface area contributed by atoms with Gasteiger partial charge in [-0.25, -0.2) is 0 Å². The van der Waals surface area contributed by atoms with Crippen molar-refractivity contribution in [2.24, 2.45) is 0 Å². The molecule has 3 rings (SSSR count). The van der Waals surface area contributed by atoms with Gasteiger partial charge in [0.1, 0.15) is 5.75 Å². The Labute approximate surface area is 86.9 Å². The highest BCUT2D eigenvalue weighted by Gasteiger charge is 2.15. The zero-order chi connectivity index (χ0) is 10.3. The molecule has 0 bridgehead atoms. The smallest absolute Gasteiger partial charge is 0.151 e. The van der Waals surface area contributed by atoms with Crippen LogP contribution in [0.5, 0.6) is 17.2 Å². The fourth-order valence-corrected chi connectivity index (χ4v) is 1.63. The van der Waals surface area contributed by atoms with E-state index in [1.165, 1.54) is 0 Å². The van der Waals surface area contributed by atoms with E-state index in [1.54, 1.807) is 18.2 Å². The van der Waals surface area contributed by atoms with Crippen LogP contribution in [0.4, 0.5) is 11.4 Å². The van der Waals surface area contributed by atoms with Gasteiger partial charge in [0.25, 0.3) is 0 Å². The molecule has 0 atom stereocenters. The van der Waals surface area contributed by atoms with Crippen LogP contribution in [0.25, 0.3) is 0 Å². The summed E-state index contributed by atoms with van der Waals surface area (Å²) < 4.78 is 5.66. The Morgan fingerprint density at radius 1 is 0.933 bits per heavy atom. The normalized spacial score (nSPS) is 12.0. The maximum atomic E-state index is 9.34. The average molecular weight is 199 g/mol. The lowest BCUT2D eigenvalue weighted by Gasteiger charge is -2.21. The van der Waals surface area contributed by atoms with Gasteiger partial charge in [-0.2, -0.15) is 0 Å². The molecule has 2 aromatic carbocycles. The largest absolute Gasteiger partial charge is 0.508 e. The van der Waals surface area contributed by atoms with Crippen molar-refractivity contribution in [1.29, 1.82) is 0 Å². The van der Waals surface area contributed by atoms with Gasteiger partial charge in [0.15, 0.2) is 11.5 Å². The molecule has 0 unspecified atom stereocenters. The molecule has 0 saturated carbocycles. The summed E-state index contributed by atoms with van der Waals surface area (Å²) in [6.45, 7) is 0. The third kappa shape index (κ3) is 1.29. The summed E-state index contributed by atoms with van der Waals surface area (Å²) in [5.41, 5.74) is 1.70. The zero-order valence-electron chi connectivity index (χ0n) is 7.90. The van der Waals surface area contributed by atoms with Crippen molar-refractivity contribution in [3.63, 3.8) is 0 Å². The van der Waals surface area contributed by atoms with Crippen molar-refractivity contribution >= 4 is 11.4 Å². The molecule has 15 heavy (non-hydrogen) atoms. The zero-order valence-corrected chi connectivity index (χ0v) is 7.90. The van der Waals surface area contributed by atoms with Crippen LogP contribution in [-0.4, -0.2) is 5.11 Å². The quantitative estimate of drug-likeness (QED) is 0.584. The second-order valence-electron chi connectivity index (χ2n) is 3.40. The molecule has 0 saturated heterocycles. The lowest BCUT2D eigenvalue weighted by molar-refractivity contribution is 0.464. The number of anilines is 2. The Kier molecular flexibility index (Phi) is 1.59. The molecular weight excluding hydrogens is 190 g/mol. The number of phenols is 1. The van der Waals surface area contributed by atoms with Gasteiger partial charge in [-0.3, -0.25) is 0 Å². The number of fused-ring (bicyclic) bond motifs is 2. The van der Waals surface area contributed by atoms with Crippen LogP contribution in [-0.2, 0) is 0 Å². The Bertz CT molecular complexity index is 523. The monoisotopic (exact) mass is 199 g/mol. The summed E-state index contributed by atoms with van der Waals surface area (Å²) in [4.78, 5) is 0. The second kappa shape index (κ2) is 2.92. The van der Waals surface area contributed by atoms with Crippen LogP contribution in [0.3, 0.4) is 0 Å². The van der Waals surface area contributed by atoms with E-state index in [0.29, 0.717) is 0 Å².